The Labute approximate surface area is 190 Å². The summed E-state index contributed by atoms with van der Waals surface area (Å²) in [5.41, 5.74) is 8.45. The highest BCUT2D eigenvalue weighted by molar-refractivity contribution is 5.92. The molecule has 6 heteroatoms. The molecule has 2 unspecified atom stereocenters. The molecule has 0 spiro atoms. The topological polar surface area (TPSA) is 86.9 Å². The zero-order valence-electron chi connectivity index (χ0n) is 18.5. The Morgan fingerprint density at radius 2 is 1.72 bits per heavy atom. The quantitative estimate of drug-likeness (QED) is 0.634. The summed E-state index contributed by atoms with van der Waals surface area (Å²) in [7, 11) is 0. The van der Waals surface area contributed by atoms with E-state index >= 15 is 0 Å². The van der Waals surface area contributed by atoms with Gasteiger partial charge in [-0.25, -0.2) is 0 Å². The number of carbonyl (C=O) groups is 2. The van der Waals surface area contributed by atoms with Crippen molar-refractivity contribution in [1.82, 2.24) is 9.80 Å². The van der Waals surface area contributed by atoms with Gasteiger partial charge in [0, 0.05) is 37.3 Å². The van der Waals surface area contributed by atoms with Crippen molar-refractivity contribution >= 4 is 11.8 Å². The van der Waals surface area contributed by atoms with E-state index in [1.165, 1.54) is 24.0 Å². The fourth-order valence-electron chi connectivity index (χ4n) is 5.46. The number of benzene rings is 2. The lowest BCUT2D eigenvalue weighted by Gasteiger charge is -2.40. The largest absolute Gasteiger partial charge is 0.387 e. The maximum atomic E-state index is 12.3. The average Bonchev–Trinajstić information content (AvgIpc) is 3.05. The molecule has 2 aromatic carbocycles. The molecule has 2 aromatic rings. The van der Waals surface area contributed by atoms with Gasteiger partial charge in [-0.2, -0.15) is 0 Å². The number of aliphatic hydroxyl groups excluding tert-OH is 1. The van der Waals surface area contributed by atoms with Gasteiger partial charge in [-0.3, -0.25) is 14.5 Å². The summed E-state index contributed by atoms with van der Waals surface area (Å²) in [6.45, 7) is 1.65. The molecule has 2 amide bonds. The number of nitrogens with two attached hydrogens (primary N) is 1. The second-order valence-electron chi connectivity index (χ2n) is 9.06. The smallest absolute Gasteiger partial charge is 0.248 e. The highest BCUT2D eigenvalue weighted by Crippen LogP contribution is 2.43. The summed E-state index contributed by atoms with van der Waals surface area (Å²) in [6, 6.07) is 18.9. The SMILES string of the molecule is NC(=O)c1cccc(C2CC3CCC(C2)N3CCN(CCc2ccccc2)C(=O)CO)c1. The van der Waals surface area contributed by atoms with Crippen molar-refractivity contribution < 1.29 is 14.7 Å². The van der Waals surface area contributed by atoms with Crippen molar-refractivity contribution in [3.63, 3.8) is 0 Å². The van der Waals surface area contributed by atoms with Crippen LogP contribution in [0.5, 0.6) is 0 Å². The van der Waals surface area contributed by atoms with Crippen LogP contribution >= 0.6 is 0 Å². The number of aliphatic hydroxyl groups is 1. The highest BCUT2D eigenvalue weighted by atomic mass is 16.3. The Morgan fingerprint density at radius 1 is 1.00 bits per heavy atom. The zero-order valence-corrected chi connectivity index (χ0v) is 18.5. The van der Waals surface area contributed by atoms with Crippen LogP contribution in [0.2, 0.25) is 0 Å². The summed E-state index contributed by atoms with van der Waals surface area (Å²) < 4.78 is 0. The number of fused-ring (bicyclic) bond motifs is 2. The number of carbonyl (C=O) groups excluding carboxylic acids is 2. The van der Waals surface area contributed by atoms with Crippen LogP contribution in [0.1, 0.15) is 53.1 Å². The van der Waals surface area contributed by atoms with E-state index in [-0.39, 0.29) is 11.8 Å². The summed E-state index contributed by atoms with van der Waals surface area (Å²) >= 11 is 0. The number of amides is 2. The Balaban J connectivity index is 1.36. The number of rotatable bonds is 9. The molecule has 6 nitrogen and oxygen atoms in total. The van der Waals surface area contributed by atoms with Gasteiger partial charge in [-0.1, -0.05) is 42.5 Å². The lowest BCUT2D eigenvalue weighted by molar-refractivity contribution is -0.134. The maximum absolute atomic E-state index is 12.3. The minimum atomic E-state index is -0.445. The summed E-state index contributed by atoms with van der Waals surface area (Å²) in [5.74, 6) is -0.140. The van der Waals surface area contributed by atoms with Crippen LogP contribution in [-0.4, -0.2) is 65.0 Å². The molecule has 4 rings (SSSR count). The molecule has 2 bridgehead atoms. The molecule has 2 aliphatic rings. The highest BCUT2D eigenvalue weighted by Gasteiger charge is 2.41. The van der Waals surface area contributed by atoms with Gasteiger partial charge in [0.15, 0.2) is 0 Å². The van der Waals surface area contributed by atoms with Crippen LogP contribution in [0.3, 0.4) is 0 Å². The Kier molecular flexibility index (Phi) is 7.22. The third-order valence-corrected chi connectivity index (χ3v) is 7.16. The standard InChI is InChI=1S/C26H33N3O3/c27-26(32)21-8-4-7-20(15-21)22-16-23-9-10-24(17-22)29(23)14-13-28(25(31)18-30)12-11-19-5-2-1-3-6-19/h1-8,15,22-24,30H,9-14,16-18H2,(H2,27,32). The molecule has 0 aliphatic carbocycles. The molecule has 2 aliphatic heterocycles. The van der Waals surface area contributed by atoms with E-state index in [1.54, 1.807) is 11.0 Å². The van der Waals surface area contributed by atoms with Crippen molar-refractivity contribution in [2.45, 2.75) is 50.1 Å². The van der Waals surface area contributed by atoms with Gasteiger partial charge >= 0.3 is 0 Å². The lowest BCUT2D eigenvalue weighted by atomic mass is 9.84. The van der Waals surface area contributed by atoms with Crippen molar-refractivity contribution in [3.05, 3.63) is 71.3 Å². The minimum Gasteiger partial charge on any atom is -0.387 e. The fourth-order valence-corrected chi connectivity index (χ4v) is 5.46. The Bertz CT molecular complexity index is 919. The zero-order chi connectivity index (χ0) is 22.5. The van der Waals surface area contributed by atoms with E-state index in [0.717, 1.165) is 25.8 Å². The fraction of sp³-hybridized carbons (Fsp3) is 0.462. The first kappa shape index (κ1) is 22.5. The normalized spacial score (nSPS) is 22.6. The molecule has 3 N–H and O–H groups in total. The Morgan fingerprint density at radius 3 is 2.38 bits per heavy atom. The van der Waals surface area contributed by atoms with Crippen molar-refractivity contribution in [1.29, 1.82) is 0 Å². The molecular formula is C26H33N3O3. The number of nitrogens with zero attached hydrogens (tertiary/aromatic N) is 2. The van der Waals surface area contributed by atoms with Crippen LogP contribution in [0.15, 0.2) is 54.6 Å². The minimum absolute atomic E-state index is 0.202. The van der Waals surface area contributed by atoms with Gasteiger partial charge in [-0.05, 0) is 61.3 Å². The second-order valence-corrected chi connectivity index (χ2v) is 9.06. The van der Waals surface area contributed by atoms with Crippen LogP contribution in [-0.2, 0) is 11.2 Å². The molecule has 0 aromatic heterocycles. The van der Waals surface area contributed by atoms with Crippen molar-refractivity contribution in [2.24, 2.45) is 5.73 Å². The third-order valence-electron chi connectivity index (χ3n) is 7.16. The first-order valence-electron chi connectivity index (χ1n) is 11.6. The molecular weight excluding hydrogens is 402 g/mol. The molecule has 2 saturated heterocycles. The van der Waals surface area contributed by atoms with Gasteiger partial charge < -0.3 is 15.7 Å². The van der Waals surface area contributed by atoms with Gasteiger partial charge in [0.1, 0.15) is 6.61 Å². The van der Waals surface area contributed by atoms with E-state index in [2.05, 4.69) is 23.1 Å². The molecule has 170 valence electrons. The molecule has 0 saturated carbocycles. The third kappa shape index (κ3) is 5.19. The predicted molar refractivity (Wildman–Crippen MR) is 124 cm³/mol. The molecule has 2 heterocycles. The summed E-state index contributed by atoms with van der Waals surface area (Å²) in [5, 5.41) is 9.44. The maximum Gasteiger partial charge on any atom is 0.248 e. The van der Waals surface area contributed by atoms with Crippen molar-refractivity contribution in [2.75, 3.05) is 26.2 Å². The molecule has 0 radical (unpaired) electrons. The first-order chi connectivity index (χ1) is 15.5. The monoisotopic (exact) mass is 435 g/mol. The van der Waals surface area contributed by atoms with Crippen LogP contribution in [0.25, 0.3) is 0 Å². The summed E-state index contributed by atoms with van der Waals surface area (Å²) in [4.78, 5) is 28.3. The number of primary amides is 1. The van der Waals surface area contributed by atoms with Crippen LogP contribution in [0, 0.1) is 0 Å². The number of hydrogen-bond donors (Lipinski definition) is 2. The van der Waals surface area contributed by atoms with Crippen LogP contribution < -0.4 is 5.73 Å². The van der Waals surface area contributed by atoms with Crippen LogP contribution in [0.4, 0.5) is 0 Å². The van der Waals surface area contributed by atoms with E-state index in [1.807, 2.05) is 30.3 Å². The molecule has 32 heavy (non-hydrogen) atoms. The Hall–Kier alpha value is -2.70. The van der Waals surface area contributed by atoms with Gasteiger partial charge in [0.25, 0.3) is 0 Å². The predicted octanol–water partition coefficient (Wildman–Crippen LogP) is 2.56. The van der Waals surface area contributed by atoms with E-state index in [4.69, 9.17) is 5.73 Å². The second kappa shape index (κ2) is 10.3. The van der Waals surface area contributed by atoms with Gasteiger partial charge in [0.05, 0.1) is 0 Å². The van der Waals surface area contributed by atoms with E-state index in [0.29, 0.717) is 36.7 Å². The average molecular weight is 436 g/mol. The number of piperidine rings is 1. The summed E-state index contributed by atoms with van der Waals surface area (Å²) in [6.07, 6.45) is 5.27. The number of hydrogen-bond acceptors (Lipinski definition) is 4. The van der Waals surface area contributed by atoms with E-state index < -0.39 is 6.61 Å². The molecule has 2 atom stereocenters. The van der Waals surface area contributed by atoms with Gasteiger partial charge in [0.2, 0.25) is 11.8 Å². The van der Waals surface area contributed by atoms with E-state index in [9.17, 15) is 14.7 Å². The lowest BCUT2D eigenvalue weighted by Crippen LogP contribution is -2.47. The van der Waals surface area contributed by atoms with Gasteiger partial charge in [-0.15, -0.1) is 0 Å². The first-order valence-corrected chi connectivity index (χ1v) is 11.6. The van der Waals surface area contributed by atoms with Crippen molar-refractivity contribution in [3.8, 4) is 0 Å². The molecule has 2 fully saturated rings.